The maximum atomic E-state index is 12.2. The third kappa shape index (κ3) is 3.31. The lowest BCUT2D eigenvalue weighted by atomic mass is 10.1. The van der Waals surface area contributed by atoms with Gasteiger partial charge in [0, 0.05) is 13.5 Å². The quantitative estimate of drug-likeness (QED) is 0.869. The summed E-state index contributed by atoms with van der Waals surface area (Å²) in [6.07, 6.45) is 1.58. The molecule has 0 aliphatic carbocycles. The number of benzene rings is 1. The molecule has 0 radical (unpaired) electrons. The number of carbonyl (C=O) groups is 1. The van der Waals surface area contributed by atoms with E-state index in [1.54, 1.807) is 0 Å². The minimum Gasteiger partial charge on any atom is -0.507 e. The van der Waals surface area contributed by atoms with E-state index in [0.717, 1.165) is 6.42 Å². The summed E-state index contributed by atoms with van der Waals surface area (Å²) in [4.78, 5) is 17.7. The molecule has 0 bridgehead atoms. The first-order chi connectivity index (χ1) is 10.0. The Hall–Kier alpha value is -2.57. The van der Waals surface area contributed by atoms with Crippen LogP contribution in [-0.4, -0.2) is 38.2 Å². The largest absolute Gasteiger partial charge is 0.507 e. The van der Waals surface area contributed by atoms with Gasteiger partial charge in [-0.25, -0.2) is 0 Å². The van der Waals surface area contributed by atoms with Gasteiger partial charge in [-0.2, -0.15) is 4.98 Å². The average Bonchev–Trinajstić information content (AvgIpc) is 2.86. The van der Waals surface area contributed by atoms with Crippen molar-refractivity contribution in [1.82, 2.24) is 15.0 Å². The number of aryl methyl sites for hydroxylation is 1. The second-order valence-corrected chi connectivity index (χ2v) is 4.69. The molecule has 0 atom stereocenters. The van der Waals surface area contributed by atoms with Gasteiger partial charge in [0.15, 0.2) is 5.82 Å². The van der Waals surface area contributed by atoms with Crippen LogP contribution in [0.15, 0.2) is 22.7 Å². The minimum absolute atomic E-state index is 0.125. The SMILES string of the molecule is CCCc1nc(CN(C)C(=O)c2c(O)cccc2O)no1. The molecule has 0 saturated carbocycles. The molecule has 2 aromatic rings. The summed E-state index contributed by atoms with van der Waals surface area (Å²) in [6.45, 7) is 2.13. The van der Waals surface area contributed by atoms with Crippen LogP contribution in [0.2, 0.25) is 0 Å². The zero-order valence-electron chi connectivity index (χ0n) is 11.9. The number of aromatic nitrogens is 2. The maximum Gasteiger partial charge on any atom is 0.261 e. The summed E-state index contributed by atoms with van der Waals surface area (Å²) in [7, 11) is 1.53. The van der Waals surface area contributed by atoms with Gasteiger partial charge in [0.2, 0.25) is 5.89 Å². The molecule has 0 fully saturated rings. The highest BCUT2D eigenvalue weighted by Gasteiger charge is 2.21. The molecule has 7 nitrogen and oxygen atoms in total. The smallest absolute Gasteiger partial charge is 0.261 e. The molecule has 0 spiro atoms. The molecule has 7 heteroatoms. The summed E-state index contributed by atoms with van der Waals surface area (Å²) in [6, 6.07) is 4.14. The first kappa shape index (κ1) is 14.8. The number of aromatic hydroxyl groups is 2. The summed E-state index contributed by atoms with van der Waals surface area (Å²) >= 11 is 0. The lowest BCUT2D eigenvalue weighted by Crippen LogP contribution is -2.26. The van der Waals surface area contributed by atoms with Crippen LogP contribution in [0.1, 0.15) is 35.4 Å². The van der Waals surface area contributed by atoms with Crippen LogP contribution >= 0.6 is 0 Å². The zero-order valence-corrected chi connectivity index (χ0v) is 11.9. The molecule has 0 aliphatic rings. The van der Waals surface area contributed by atoms with Crippen molar-refractivity contribution in [2.45, 2.75) is 26.3 Å². The van der Waals surface area contributed by atoms with Crippen LogP contribution in [0.25, 0.3) is 0 Å². The Morgan fingerprint density at radius 3 is 2.62 bits per heavy atom. The Morgan fingerprint density at radius 2 is 2.00 bits per heavy atom. The summed E-state index contributed by atoms with van der Waals surface area (Å²) in [5.41, 5.74) is -0.141. The van der Waals surface area contributed by atoms with Gasteiger partial charge < -0.3 is 19.6 Å². The number of hydrogen-bond donors (Lipinski definition) is 2. The number of carbonyl (C=O) groups excluding carboxylic acids is 1. The Labute approximate surface area is 121 Å². The first-order valence-corrected chi connectivity index (χ1v) is 6.60. The number of phenolic OH excluding ortho intramolecular Hbond substituents is 2. The van der Waals surface area contributed by atoms with E-state index < -0.39 is 5.91 Å². The van der Waals surface area contributed by atoms with E-state index in [2.05, 4.69) is 10.1 Å². The fraction of sp³-hybridized carbons (Fsp3) is 0.357. The van der Waals surface area contributed by atoms with Crippen LogP contribution in [-0.2, 0) is 13.0 Å². The van der Waals surface area contributed by atoms with Crippen LogP contribution < -0.4 is 0 Å². The van der Waals surface area contributed by atoms with E-state index in [1.807, 2.05) is 6.92 Å². The average molecular weight is 291 g/mol. The van der Waals surface area contributed by atoms with Gasteiger partial charge in [0.05, 0.1) is 6.54 Å². The highest BCUT2D eigenvalue weighted by atomic mass is 16.5. The molecule has 1 heterocycles. The van der Waals surface area contributed by atoms with Crippen LogP contribution in [0.5, 0.6) is 11.5 Å². The number of nitrogens with zero attached hydrogens (tertiary/aromatic N) is 3. The van der Waals surface area contributed by atoms with Crippen LogP contribution in [0.4, 0.5) is 0 Å². The molecule has 21 heavy (non-hydrogen) atoms. The van der Waals surface area contributed by atoms with E-state index in [1.165, 1.54) is 30.1 Å². The molecular weight excluding hydrogens is 274 g/mol. The van der Waals surface area contributed by atoms with Crippen molar-refractivity contribution < 1.29 is 19.5 Å². The standard InChI is InChI=1S/C14H17N3O4/c1-3-5-12-15-11(16-21-12)8-17(2)14(20)13-9(18)6-4-7-10(13)19/h4,6-7,18-19H,3,5,8H2,1-2H3. The molecule has 0 aliphatic heterocycles. The van der Waals surface area contributed by atoms with Crippen molar-refractivity contribution in [2.75, 3.05) is 7.05 Å². The molecule has 2 N–H and O–H groups in total. The molecular formula is C14H17N3O4. The maximum absolute atomic E-state index is 12.2. The molecule has 0 saturated heterocycles. The molecule has 2 rings (SSSR count). The molecule has 1 aromatic carbocycles. The predicted molar refractivity (Wildman–Crippen MR) is 73.9 cm³/mol. The Bertz CT molecular complexity index is 619. The fourth-order valence-corrected chi connectivity index (χ4v) is 1.89. The van der Waals surface area contributed by atoms with Gasteiger partial charge in [0.1, 0.15) is 17.1 Å². The molecule has 1 aromatic heterocycles. The van der Waals surface area contributed by atoms with Gasteiger partial charge in [-0.15, -0.1) is 0 Å². The zero-order chi connectivity index (χ0) is 15.4. The Kier molecular flexibility index (Phi) is 4.42. The van der Waals surface area contributed by atoms with Crippen LogP contribution in [0.3, 0.4) is 0 Å². The first-order valence-electron chi connectivity index (χ1n) is 6.60. The third-order valence-corrected chi connectivity index (χ3v) is 2.93. The van der Waals surface area contributed by atoms with E-state index in [0.29, 0.717) is 18.1 Å². The number of amides is 1. The van der Waals surface area contributed by atoms with Gasteiger partial charge in [0.25, 0.3) is 5.91 Å². The highest BCUT2D eigenvalue weighted by Crippen LogP contribution is 2.27. The fourth-order valence-electron chi connectivity index (χ4n) is 1.89. The monoisotopic (exact) mass is 291 g/mol. The minimum atomic E-state index is -0.521. The Morgan fingerprint density at radius 1 is 1.33 bits per heavy atom. The predicted octanol–water partition coefficient (Wildman–Crippen LogP) is 1.71. The van der Waals surface area contributed by atoms with E-state index >= 15 is 0 Å². The van der Waals surface area contributed by atoms with Gasteiger partial charge in [-0.3, -0.25) is 4.79 Å². The van der Waals surface area contributed by atoms with Gasteiger partial charge in [-0.1, -0.05) is 18.1 Å². The summed E-state index contributed by atoms with van der Waals surface area (Å²) in [5, 5.41) is 23.2. The Balaban J connectivity index is 2.12. The normalized spacial score (nSPS) is 10.6. The van der Waals surface area contributed by atoms with E-state index in [9.17, 15) is 15.0 Å². The summed E-state index contributed by atoms with van der Waals surface area (Å²) < 4.78 is 5.04. The lowest BCUT2D eigenvalue weighted by molar-refractivity contribution is 0.0774. The van der Waals surface area contributed by atoms with Crippen molar-refractivity contribution in [3.05, 3.63) is 35.5 Å². The molecule has 112 valence electrons. The third-order valence-electron chi connectivity index (χ3n) is 2.93. The van der Waals surface area contributed by atoms with Crippen molar-refractivity contribution in [3.8, 4) is 11.5 Å². The number of hydrogen-bond acceptors (Lipinski definition) is 6. The molecule has 1 amide bonds. The van der Waals surface area contributed by atoms with Crippen molar-refractivity contribution in [1.29, 1.82) is 0 Å². The topological polar surface area (TPSA) is 99.7 Å². The lowest BCUT2D eigenvalue weighted by Gasteiger charge is -2.16. The second-order valence-electron chi connectivity index (χ2n) is 4.69. The van der Waals surface area contributed by atoms with Crippen LogP contribution in [0, 0.1) is 0 Å². The number of phenols is 2. The van der Waals surface area contributed by atoms with E-state index in [-0.39, 0.29) is 23.6 Å². The molecule has 0 unspecified atom stereocenters. The second kappa shape index (κ2) is 6.25. The van der Waals surface area contributed by atoms with Crippen molar-refractivity contribution in [2.24, 2.45) is 0 Å². The van der Waals surface area contributed by atoms with Gasteiger partial charge in [-0.05, 0) is 18.6 Å². The van der Waals surface area contributed by atoms with Crippen molar-refractivity contribution in [3.63, 3.8) is 0 Å². The van der Waals surface area contributed by atoms with Crippen molar-refractivity contribution >= 4 is 5.91 Å². The van der Waals surface area contributed by atoms with Gasteiger partial charge >= 0.3 is 0 Å². The summed E-state index contributed by atoms with van der Waals surface area (Å²) in [5.74, 6) is -0.159. The van der Waals surface area contributed by atoms with E-state index in [4.69, 9.17) is 4.52 Å². The number of rotatable bonds is 5. The highest BCUT2D eigenvalue weighted by molar-refractivity contribution is 5.99.